The minimum atomic E-state index is 0.136. The highest BCUT2D eigenvalue weighted by Gasteiger charge is 2.26. The van der Waals surface area contributed by atoms with E-state index in [0.29, 0.717) is 13.1 Å². The van der Waals surface area contributed by atoms with Gasteiger partial charge in [-0.05, 0) is 54.8 Å². The molecule has 3 heteroatoms. The molecule has 0 amide bonds. The summed E-state index contributed by atoms with van der Waals surface area (Å²) in [6.45, 7) is 6.17. The van der Waals surface area contributed by atoms with Crippen LogP contribution in [0.4, 0.5) is 0 Å². The number of carbonyl (C=O) groups is 1. The quantitative estimate of drug-likeness (QED) is 0.481. The van der Waals surface area contributed by atoms with Crippen molar-refractivity contribution in [1.29, 1.82) is 0 Å². The molecule has 3 aromatic carbocycles. The van der Waals surface area contributed by atoms with Crippen molar-refractivity contribution >= 4 is 17.9 Å². The van der Waals surface area contributed by atoms with Crippen molar-refractivity contribution in [2.45, 2.75) is 20.4 Å². The highest BCUT2D eigenvalue weighted by atomic mass is 16.5. The summed E-state index contributed by atoms with van der Waals surface area (Å²) in [6, 6.07) is 24.7. The molecule has 1 saturated heterocycles. The third kappa shape index (κ3) is 5.43. The number of nitrogens with zero attached hydrogens (tertiary/aromatic N) is 1. The molecule has 1 aliphatic heterocycles. The summed E-state index contributed by atoms with van der Waals surface area (Å²) >= 11 is 0. The number of benzene rings is 3. The van der Waals surface area contributed by atoms with Crippen LogP contribution in [0.5, 0.6) is 5.75 Å². The van der Waals surface area contributed by atoms with Crippen LogP contribution in [-0.4, -0.2) is 30.9 Å². The van der Waals surface area contributed by atoms with Crippen molar-refractivity contribution in [3.63, 3.8) is 0 Å². The number of methoxy groups -OCH3 is 1. The van der Waals surface area contributed by atoms with Crippen molar-refractivity contribution in [2.24, 2.45) is 0 Å². The van der Waals surface area contributed by atoms with Crippen molar-refractivity contribution in [2.75, 3.05) is 20.2 Å². The minimum Gasteiger partial charge on any atom is -0.497 e. The molecule has 32 heavy (non-hydrogen) atoms. The van der Waals surface area contributed by atoms with E-state index in [2.05, 4.69) is 79.4 Å². The van der Waals surface area contributed by atoms with E-state index in [0.717, 1.165) is 34.6 Å². The molecule has 0 bridgehead atoms. The smallest absolute Gasteiger partial charge is 0.187 e. The molecule has 0 saturated carbocycles. The van der Waals surface area contributed by atoms with E-state index in [-0.39, 0.29) is 5.78 Å². The predicted molar refractivity (Wildman–Crippen MR) is 132 cm³/mol. The van der Waals surface area contributed by atoms with Crippen LogP contribution in [0.15, 0.2) is 83.9 Å². The number of hydrogen-bond acceptors (Lipinski definition) is 3. The van der Waals surface area contributed by atoms with Crippen molar-refractivity contribution in [1.82, 2.24) is 4.90 Å². The van der Waals surface area contributed by atoms with Crippen LogP contribution in [0.3, 0.4) is 0 Å². The van der Waals surface area contributed by atoms with E-state index in [1.54, 1.807) is 7.11 Å². The first-order chi connectivity index (χ1) is 15.5. The number of Topliss-reactive ketones (excluding diaryl/α,β-unsaturated/α-hetero) is 1. The second-order valence-electron chi connectivity index (χ2n) is 8.48. The number of ether oxygens (including phenoxy) is 1. The highest BCUT2D eigenvalue weighted by molar-refractivity contribution is 6.14. The lowest BCUT2D eigenvalue weighted by Gasteiger charge is -2.30. The Kier molecular flexibility index (Phi) is 6.67. The van der Waals surface area contributed by atoms with Gasteiger partial charge in [0.25, 0.3) is 0 Å². The average molecular weight is 424 g/mol. The Morgan fingerprint density at radius 3 is 1.66 bits per heavy atom. The van der Waals surface area contributed by atoms with Gasteiger partial charge in [0.05, 0.1) is 7.11 Å². The van der Waals surface area contributed by atoms with Gasteiger partial charge < -0.3 is 4.74 Å². The van der Waals surface area contributed by atoms with Gasteiger partial charge in [-0.1, -0.05) is 71.8 Å². The maximum Gasteiger partial charge on any atom is 0.187 e. The first kappa shape index (κ1) is 21.8. The van der Waals surface area contributed by atoms with Crippen LogP contribution in [0.2, 0.25) is 0 Å². The summed E-state index contributed by atoms with van der Waals surface area (Å²) in [6.07, 6.45) is 4.07. The number of rotatable bonds is 5. The third-order valence-corrected chi connectivity index (χ3v) is 5.77. The Morgan fingerprint density at radius 1 is 0.750 bits per heavy atom. The summed E-state index contributed by atoms with van der Waals surface area (Å²) in [5.41, 5.74) is 7.38. The molecular formula is C29H29NO2. The molecule has 4 rings (SSSR count). The zero-order valence-electron chi connectivity index (χ0n) is 19.0. The van der Waals surface area contributed by atoms with E-state index >= 15 is 0 Å². The monoisotopic (exact) mass is 423 g/mol. The molecule has 0 unspecified atom stereocenters. The third-order valence-electron chi connectivity index (χ3n) is 5.77. The van der Waals surface area contributed by atoms with E-state index in [4.69, 9.17) is 4.74 Å². The van der Waals surface area contributed by atoms with E-state index in [1.807, 2.05) is 24.3 Å². The summed E-state index contributed by atoms with van der Waals surface area (Å²) in [4.78, 5) is 15.7. The Hall–Kier alpha value is -3.43. The molecule has 3 nitrogen and oxygen atoms in total. The Balaban J connectivity index is 1.64. The molecule has 0 N–H and O–H groups in total. The molecule has 1 fully saturated rings. The lowest BCUT2D eigenvalue weighted by Crippen LogP contribution is -2.37. The molecule has 1 aliphatic rings. The SMILES string of the molecule is COc1ccc(CN2C/C(=C\c3ccc(C)cc3)C(=O)/C(=C/c3ccc(C)cc3)C2)cc1. The van der Waals surface area contributed by atoms with Crippen LogP contribution in [0, 0.1) is 13.8 Å². The number of piperidine rings is 1. The second kappa shape index (κ2) is 9.80. The fraction of sp³-hybridized carbons (Fsp3) is 0.207. The highest BCUT2D eigenvalue weighted by Crippen LogP contribution is 2.24. The minimum absolute atomic E-state index is 0.136. The molecule has 1 heterocycles. The topological polar surface area (TPSA) is 29.5 Å². The maximum absolute atomic E-state index is 13.4. The number of hydrogen-bond donors (Lipinski definition) is 0. The van der Waals surface area contributed by atoms with Gasteiger partial charge in [-0.15, -0.1) is 0 Å². The maximum atomic E-state index is 13.4. The van der Waals surface area contributed by atoms with E-state index in [1.165, 1.54) is 16.7 Å². The standard InChI is InChI=1S/C29H29NO2/c1-21-4-8-23(9-5-21)16-26-19-30(18-25-12-14-28(32-3)15-13-25)20-27(29(26)31)17-24-10-6-22(2)7-11-24/h4-17H,18-20H2,1-3H3/b26-16+,27-17+. The Morgan fingerprint density at radius 2 is 1.22 bits per heavy atom. The molecule has 0 atom stereocenters. The van der Waals surface area contributed by atoms with E-state index in [9.17, 15) is 4.79 Å². The van der Waals surface area contributed by atoms with Crippen LogP contribution >= 0.6 is 0 Å². The van der Waals surface area contributed by atoms with Gasteiger partial charge in [-0.25, -0.2) is 0 Å². The largest absolute Gasteiger partial charge is 0.497 e. The summed E-state index contributed by atoms with van der Waals surface area (Å²) in [5.74, 6) is 0.986. The van der Waals surface area contributed by atoms with E-state index < -0.39 is 0 Å². The van der Waals surface area contributed by atoms with Crippen molar-refractivity contribution < 1.29 is 9.53 Å². The molecular weight excluding hydrogens is 394 g/mol. The molecule has 0 radical (unpaired) electrons. The average Bonchev–Trinajstić information content (AvgIpc) is 2.80. The molecule has 0 spiro atoms. The second-order valence-corrected chi connectivity index (χ2v) is 8.48. The van der Waals surface area contributed by atoms with Crippen LogP contribution in [-0.2, 0) is 11.3 Å². The Bertz CT molecular complexity index is 1070. The van der Waals surface area contributed by atoms with Crippen LogP contribution < -0.4 is 4.74 Å². The first-order valence-electron chi connectivity index (χ1n) is 10.9. The van der Waals surface area contributed by atoms with Gasteiger partial charge >= 0.3 is 0 Å². The fourth-order valence-corrected chi connectivity index (χ4v) is 3.94. The van der Waals surface area contributed by atoms with Gasteiger partial charge in [0.2, 0.25) is 0 Å². The lowest BCUT2D eigenvalue weighted by molar-refractivity contribution is -0.113. The van der Waals surface area contributed by atoms with Crippen molar-refractivity contribution in [3.8, 4) is 5.75 Å². The van der Waals surface area contributed by atoms with Crippen molar-refractivity contribution in [3.05, 3.63) is 112 Å². The number of aryl methyl sites for hydroxylation is 2. The van der Waals surface area contributed by atoms with Crippen LogP contribution in [0.25, 0.3) is 12.2 Å². The number of ketones is 1. The zero-order valence-corrected chi connectivity index (χ0v) is 19.0. The number of likely N-dealkylation sites (tertiary alicyclic amines) is 1. The van der Waals surface area contributed by atoms with Gasteiger partial charge in [0.15, 0.2) is 5.78 Å². The predicted octanol–water partition coefficient (Wildman–Crippen LogP) is 5.86. The Labute approximate surface area is 190 Å². The van der Waals surface area contributed by atoms with Gasteiger partial charge in [-0.3, -0.25) is 9.69 Å². The molecule has 162 valence electrons. The molecule has 3 aromatic rings. The summed E-state index contributed by atoms with van der Waals surface area (Å²) in [5, 5.41) is 0. The van der Waals surface area contributed by atoms with Gasteiger partial charge in [0.1, 0.15) is 5.75 Å². The molecule has 0 aliphatic carbocycles. The zero-order chi connectivity index (χ0) is 22.5. The van der Waals surface area contributed by atoms with Gasteiger partial charge in [-0.2, -0.15) is 0 Å². The lowest BCUT2D eigenvalue weighted by atomic mass is 9.93. The fourth-order valence-electron chi connectivity index (χ4n) is 3.94. The summed E-state index contributed by atoms with van der Waals surface area (Å²) in [7, 11) is 1.68. The first-order valence-corrected chi connectivity index (χ1v) is 10.9. The van der Waals surface area contributed by atoms with Crippen LogP contribution in [0.1, 0.15) is 27.8 Å². The normalized spacial score (nSPS) is 17.2. The molecule has 0 aromatic heterocycles. The number of carbonyl (C=O) groups excluding carboxylic acids is 1. The van der Waals surface area contributed by atoms with Gasteiger partial charge in [0, 0.05) is 30.8 Å². The summed E-state index contributed by atoms with van der Waals surface area (Å²) < 4.78 is 5.28.